The Labute approximate surface area is 310 Å². The number of fused-ring (bicyclic) bond motifs is 6. The molecule has 0 unspecified atom stereocenters. The quantitative estimate of drug-likeness (QED) is 0.173. The molecule has 0 fully saturated rings. The normalized spacial score (nSPS) is 11.8. The molecule has 0 radical (unpaired) electrons. The first kappa shape index (κ1) is 29.9. The Hall–Kier alpha value is -6.75. The van der Waals surface area contributed by atoms with Crippen LogP contribution in [0.2, 0.25) is 0 Å². The van der Waals surface area contributed by atoms with Crippen molar-refractivity contribution in [3.63, 3.8) is 0 Å². The van der Waals surface area contributed by atoms with Crippen molar-refractivity contribution < 1.29 is 4.42 Å². The fourth-order valence-electron chi connectivity index (χ4n) is 7.99. The minimum Gasteiger partial charge on any atom is -0.456 e. The van der Waals surface area contributed by atoms with Crippen LogP contribution in [0.25, 0.3) is 87.2 Å². The maximum atomic E-state index is 6.42. The SMILES string of the molecule is c1ccc(-c2ccc(-c3nc4c(s3)-c3cccc5cc(N(c6cccc(-c7ccccc7)c6)c6cccc7oc8ccccc8c67)cc-4c35)cc2)cc1. The van der Waals surface area contributed by atoms with Crippen molar-refractivity contribution in [2.24, 2.45) is 0 Å². The average Bonchev–Trinajstić information content (AvgIpc) is 3.92. The van der Waals surface area contributed by atoms with Gasteiger partial charge in [0, 0.05) is 33.5 Å². The molecule has 2 aromatic heterocycles. The molecule has 53 heavy (non-hydrogen) atoms. The molecule has 0 atom stereocenters. The highest BCUT2D eigenvalue weighted by Crippen LogP contribution is 2.54. The number of benzene rings is 8. The van der Waals surface area contributed by atoms with Gasteiger partial charge in [0.2, 0.25) is 0 Å². The molecular weight excluding hydrogens is 665 g/mol. The number of thiazole rings is 1. The predicted octanol–water partition coefficient (Wildman–Crippen LogP) is 14.3. The van der Waals surface area contributed by atoms with E-state index in [1.807, 2.05) is 12.1 Å². The molecule has 0 spiro atoms. The molecule has 4 heteroatoms. The highest BCUT2D eigenvalue weighted by atomic mass is 32.1. The largest absolute Gasteiger partial charge is 0.456 e. The molecule has 0 saturated carbocycles. The van der Waals surface area contributed by atoms with Gasteiger partial charge in [-0.2, -0.15) is 0 Å². The van der Waals surface area contributed by atoms with Crippen LogP contribution in [-0.2, 0) is 0 Å². The van der Waals surface area contributed by atoms with E-state index < -0.39 is 0 Å². The van der Waals surface area contributed by atoms with Crippen molar-refractivity contribution in [3.8, 4) is 54.5 Å². The van der Waals surface area contributed by atoms with Crippen molar-refractivity contribution in [1.29, 1.82) is 0 Å². The van der Waals surface area contributed by atoms with Crippen LogP contribution in [0.4, 0.5) is 17.1 Å². The van der Waals surface area contributed by atoms with Gasteiger partial charge < -0.3 is 9.32 Å². The highest BCUT2D eigenvalue weighted by Gasteiger charge is 2.29. The maximum absolute atomic E-state index is 6.42. The molecule has 0 N–H and O–H groups in total. The summed E-state index contributed by atoms with van der Waals surface area (Å²) in [6, 6.07) is 64.8. The number of rotatable bonds is 6. The van der Waals surface area contributed by atoms with E-state index in [0.29, 0.717) is 0 Å². The molecule has 1 aliphatic rings. The van der Waals surface area contributed by atoms with Gasteiger partial charge in [-0.05, 0) is 75.5 Å². The summed E-state index contributed by atoms with van der Waals surface area (Å²) in [7, 11) is 0. The third kappa shape index (κ3) is 4.84. The summed E-state index contributed by atoms with van der Waals surface area (Å²) in [6.45, 7) is 0. The Morgan fingerprint density at radius 1 is 0.453 bits per heavy atom. The second kappa shape index (κ2) is 11.9. The third-order valence-corrected chi connectivity index (χ3v) is 11.6. The summed E-state index contributed by atoms with van der Waals surface area (Å²) in [5, 5.41) is 5.68. The smallest absolute Gasteiger partial charge is 0.137 e. The number of aromatic nitrogens is 1. The van der Waals surface area contributed by atoms with E-state index in [1.165, 1.54) is 43.5 Å². The predicted molar refractivity (Wildman–Crippen MR) is 222 cm³/mol. The Balaban J connectivity index is 1.10. The molecule has 3 nitrogen and oxygen atoms in total. The van der Waals surface area contributed by atoms with Gasteiger partial charge in [-0.1, -0.05) is 140 Å². The molecule has 0 bridgehead atoms. The molecule has 1 aliphatic carbocycles. The summed E-state index contributed by atoms with van der Waals surface area (Å²) < 4.78 is 6.42. The highest BCUT2D eigenvalue weighted by molar-refractivity contribution is 7.19. The van der Waals surface area contributed by atoms with Crippen molar-refractivity contribution in [1.82, 2.24) is 4.98 Å². The first-order chi connectivity index (χ1) is 26.3. The van der Waals surface area contributed by atoms with Crippen LogP contribution in [0.15, 0.2) is 186 Å². The number of anilines is 3. The number of para-hydroxylation sites is 1. The van der Waals surface area contributed by atoms with Crippen molar-refractivity contribution in [2.45, 2.75) is 0 Å². The summed E-state index contributed by atoms with van der Waals surface area (Å²) in [4.78, 5) is 8.99. The second-order valence-corrected chi connectivity index (χ2v) is 14.5. The molecule has 0 amide bonds. The van der Waals surface area contributed by atoms with Crippen LogP contribution in [0, 0.1) is 0 Å². The van der Waals surface area contributed by atoms with E-state index in [4.69, 9.17) is 9.40 Å². The lowest BCUT2D eigenvalue weighted by Crippen LogP contribution is -2.10. The van der Waals surface area contributed by atoms with E-state index in [2.05, 4.69) is 175 Å². The fraction of sp³-hybridized carbons (Fsp3) is 0. The minimum absolute atomic E-state index is 0.866. The summed E-state index contributed by atoms with van der Waals surface area (Å²) >= 11 is 1.78. The lowest BCUT2D eigenvalue weighted by Gasteiger charge is -2.27. The van der Waals surface area contributed by atoms with Gasteiger partial charge in [0.15, 0.2) is 0 Å². The summed E-state index contributed by atoms with van der Waals surface area (Å²) in [5.74, 6) is 0. The number of hydrogen-bond acceptors (Lipinski definition) is 4. The molecular formula is C49H30N2OS. The van der Waals surface area contributed by atoms with E-state index in [1.54, 1.807) is 11.3 Å². The molecule has 8 aromatic carbocycles. The summed E-state index contributed by atoms with van der Waals surface area (Å²) in [5.41, 5.74) is 14.3. The Bertz CT molecular complexity index is 3000. The zero-order valence-electron chi connectivity index (χ0n) is 28.5. The molecule has 11 rings (SSSR count). The zero-order valence-corrected chi connectivity index (χ0v) is 29.3. The average molecular weight is 695 g/mol. The van der Waals surface area contributed by atoms with Crippen molar-refractivity contribution >= 4 is 61.1 Å². The number of furan rings is 1. The first-order valence-corrected chi connectivity index (χ1v) is 18.7. The molecule has 2 heterocycles. The Morgan fingerprint density at radius 2 is 1.11 bits per heavy atom. The Morgan fingerprint density at radius 3 is 1.94 bits per heavy atom. The third-order valence-electron chi connectivity index (χ3n) is 10.4. The molecule has 0 aliphatic heterocycles. The van der Waals surface area contributed by atoms with E-state index in [9.17, 15) is 0 Å². The van der Waals surface area contributed by atoms with Crippen molar-refractivity contribution in [2.75, 3.05) is 4.90 Å². The lowest BCUT2D eigenvalue weighted by molar-refractivity contribution is 0.669. The number of nitrogens with zero attached hydrogens (tertiary/aromatic N) is 2. The number of hydrogen-bond donors (Lipinski definition) is 0. The van der Waals surface area contributed by atoms with Gasteiger partial charge in [0.05, 0.1) is 21.6 Å². The maximum Gasteiger partial charge on any atom is 0.137 e. The fourth-order valence-corrected chi connectivity index (χ4v) is 9.10. The van der Waals surface area contributed by atoms with Gasteiger partial charge in [0.25, 0.3) is 0 Å². The van der Waals surface area contributed by atoms with Crippen LogP contribution in [-0.4, -0.2) is 4.98 Å². The lowest BCUT2D eigenvalue weighted by atomic mass is 10.0. The van der Waals surface area contributed by atoms with E-state index >= 15 is 0 Å². The van der Waals surface area contributed by atoms with E-state index in [-0.39, 0.29) is 0 Å². The molecule has 248 valence electrons. The van der Waals surface area contributed by atoms with Crippen molar-refractivity contribution in [3.05, 3.63) is 182 Å². The van der Waals surface area contributed by atoms with Gasteiger partial charge in [-0.15, -0.1) is 11.3 Å². The van der Waals surface area contributed by atoms with Gasteiger partial charge in [-0.25, -0.2) is 4.98 Å². The molecule has 0 saturated heterocycles. The Kier molecular flexibility index (Phi) is 6.73. The van der Waals surface area contributed by atoms with Crippen LogP contribution < -0.4 is 4.90 Å². The standard InChI is InChI=1S/C49H30N2OS/c1-3-12-31(13-4-1)33-24-26-34(27-25-33)49-50-47-41-30-38(29-36-17-10-20-40(45(36)41)48(47)53-49)51(37-18-9-16-35(28-37)32-14-5-2-6-15-32)42-21-11-23-44-46(42)39-19-7-8-22-43(39)52-44/h1-30H. The zero-order chi connectivity index (χ0) is 34.9. The van der Waals surface area contributed by atoms with Gasteiger partial charge in [0.1, 0.15) is 16.2 Å². The molecule has 10 aromatic rings. The van der Waals surface area contributed by atoms with Gasteiger partial charge >= 0.3 is 0 Å². The second-order valence-electron chi connectivity index (χ2n) is 13.5. The van der Waals surface area contributed by atoms with Crippen LogP contribution in [0.3, 0.4) is 0 Å². The van der Waals surface area contributed by atoms with Crippen LogP contribution in [0.1, 0.15) is 0 Å². The first-order valence-electron chi connectivity index (χ1n) is 17.9. The monoisotopic (exact) mass is 694 g/mol. The van der Waals surface area contributed by atoms with Gasteiger partial charge in [-0.3, -0.25) is 0 Å². The minimum atomic E-state index is 0.866. The topological polar surface area (TPSA) is 29.3 Å². The van der Waals surface area contributed by atoms with E-state index in [0.717, 1.165) is 60.8 Å². The summed E-state index contributed by atoms with van der Waals surface area (Å²) in [6.07, 6.45) is 0. The van der Waals surface area contributed by atoms with Crippen LogP contribution >= 0.6 is 11.3 Å². The van der Waals surface area contributed by atoms with Crippen LogP contribution in [0.5, 0.6) is 0 Å².